The van der Waals surface area contributed by atoms with Gasteiger partial charge in [-0.3, -0.25) is 0 Å². The number of para-hydroxylation sites is 7. The van der Waals surface area contributed by atoms with E-state index >= 15 is 0 Å². The Balaban J connectivity index is 1.14. The minimum absolute atomic E-state index is 0.108. The third-order valence-corrected chi connectivity index (χ3v) is 15.4. The highest BCUT2D eigenvalue weighted by atomic mass is 16.3. The van der Waals surface area contributed by atoms with E-state index in [-0.39, 0.29) is 13.4 Å². The fourth-order valence-corrected chi connectivity index (χ4v) is 13.0. The average Bonchev–Trinajstić information content (AvgIpc) is 3.97. The number of hydrogen-bond donors (Lipinski definition) is 0. The summed E-state index contributed by atoms with van der Waals surface area (Å²) in [6, 6.07) is 75.5. The van der Waals surface area contributed by atoms with Gasteiger partial charge in [-0.1, -0.05) is 140 Å². The van der Waals surface area contributed by atoms with Crippen molar-refractivity contribution in [3.63, 3.8) is 0 Å². The van der Waals surface area contributed by atoms with Crippen LogP contribution in [0.25, 0.3) is 43.9 Å². The Labute approximate surface area is 391 Å². The van der Waals surface area contributed by atoms with E-state index in [2.05, 4.69) is 226 Å². The first kappa shape index (κ1) is 35.4. The molecule has 0 spiro atoms. The van der Waals surface area contributed by atoms with Crippen LogP contribution in [0.3, 0.4) is 0 Å². The quantitative estimate of drug-likeness (QED) is 0.165. The van der Waals surface area contributed by atoms with Gasteiger partial charge in [-0.15, -0.1) is 0 Å². The molecule has 17 rings (SSSR count). The maximum atomic E-state index is 7.23. The summed E-state index contributed by atoms with van der Waals surface area (Å²) in [6.07, 6.45) is 0. The highest BCUT2D eigenvalue weighted by Crippen LogP contribution is 2.62. The molecule has 0 amide bonds. The van der Waals surface area contributed by atoms with Crippen molar-refractivity contribution in [3.8, 4) is 0 Å². The van der Waals surface area contributed by atoms with Gasteiger partial charge in [-0.2, -0.15) is 0 Å². The van der Waals surface area contributed by atoms with Gasteiger partial charge in [-0.05, 0) is 99.5 Å². The summed E-state index contributed by atoms with van der Waals surface area (Å²) in [5.74, 6) is 0. The van der Waals surface area contributed by atoms with Crippen molar-refractivity contribution in [2.75, 3.05) is 19.6 Å². The number of anilines is 12. The lowest BCUT2D eigenvalue weighted by Gasteiger charge is -2.54. The van der Waals surface area contributed by atoms with Crippen molar-refractivity contribution >= 4 is 158 Å². The molecule has 0 aliphatic carbocycles. The molecule has 0 fully saturated rings. The first-order valence-corrected chi connectivity index (χ1v) is 23.5. The van der Waals surface area contributed by atoms with Gasteiger partial charge >= 0.3 is 0 Å². The first-order valence-electron chi connectivity index (χ1n) is 23.5. The van der Waals surface area contributed by atoms with E-state index in [1.54, 1.807) is 0 Å². The van der Waals surface area contributed by atoms with Crippen LogP contribution in [-0.4, -0.2) is 13.4 Å². The van der Waals surface area contributed by atoms with Crippen molar-refractivity contribution in [1.82, 2.24) is 0 Å². The molecule has 5 aliphatic heterocycles. The second-order valence-corrected chi connectivity index (χ2v) is 18.7. The Morgan fingerprint density at radius 3 is 1.15 bits per heavy atom. The van der Waals surface area contributed by atoms with Crippen LogP contribution in [0, 0.1) is 0 Å². The summed E-state index contributed by atoms with van der Waals surface area (Å²) in [5.41, 5.74) is 24.7. The zero-order valence-electron chi connectivity index (χ0n) is 36.4. The Morgan fingerprint density at radius 2 is 0.676 bits per heavy atom. The highest BCUT2D eigenvalue weighted by molar-refractivity contribution is 7.05. The summed E-state index contributed by atoms with van der Waals surface area (Å²) < 4.78 is 14.5. The molecule has 0 saturated carbocycles. The fourth-order valence-electron chi connectivity index (χ4n) is 13.0. The smallest absolute Gasteiger partial charge is 0.252 e. The van der Waals surface area contributed by atoms with Gasteiger partial charge < -0.3 is 28.4 Å². The lowest BCUT2D eigenvalue weighted by Crippen LogP contribution is -2.69. The molecule has 0 saturated heterocycles. The lowest BCUT2D eigenvalue weighted by atomic mass is 9.28. The topological polar surface area (TPSA) is 39.2 Å². The van der Waals surface area contributed by atoms with Crippen LogP contribution in [0.5, 0.6) is 0 Å². The molecule has 7 heterocycles. The van der Waals surface area contributed by atoms with Gasteiger partial charge in [0.25, 0.3) is 13.4 Å². The van der Waals surface area contributed by atoms with E-state index in [1.165, 1.54) is 61.2 Å². The lowest BCUT2D eigenvalue weighted by molar-refractivity contribution is 0.666. The van der Waals surface area contributed by atoms with Gasteiger partial charge in [0, 0.05) is 67.0 Å². The maximum Gasteiger partial charge on any atom is 0.252 e. The Hall–Kier alpha value is -8.87. The summed E-state index contributed by atoms with van der Waals surface area (Å²) in [6.45, 7) is -0.216. The van der Waals surface area contributed by atoms with E-state index in [9.17, 15) is 0 Å². The van der Waals surface area contributed by atoms with Crippen molar-refractivity contribution < 1.29 is 8.83 Å². The van der Waals surface area contributed by atoms with Crippen molar-refractivity contribution in [3.05, 3.63) is 206 Å². The number of benzene rings is 10. The molecule has 312 valence electrons. The standard InChI is InChI=1S/C60H34B2N4O2/c1-4-18-35(19-5-1)63-46-28-14-12-26-42(46)61-44-32-40-38-24-10-16-30-50(38)67-59(40)57-54(44)66-55-45(33-41-39-25-11-17-31-51(39)68-60(41)58(55)65(57)37-22-8-3-9-23-37)62-43-27-13-15-29-47(43)64(36-20-6-2-7-21-36)49-34-48(63)52(61)56(66)53(49)62/h1-34H. The molecule has 10 aromatic carbocycles. The molecule has 0 atom stereocenters. The largest absolute Gasteiger partial charge is 0.454 e. The monoisotopic (exact) mass is 864 g/mol. The highest BCUT2D eigenvalue weighted by Gasteiger charge is 2.56. The van der Waals surface area contributed by atoms with Gasteiger partial charge in [0.1, 0.15) is 22.5 Å². The maximum absolute atomic E-state index is 7.23. The fraction of sp³-hybridized carbons (Fsp3) is 0. The Bertz CT molecular complexity index is 3960. The summed E-state index contributed by atoms with van der Waals surface area (Å²) in [7, 11) is 0. The molecule has 6 nitrogen and oxygen atoms in total. The Kier molecular flexibility index (Phi) is 6.51. The minimum Gasteiger partial charge on any atom is -0.454 e. The molecule has 8 heteroatoms. The van der Waals surface area contributed by atoms with Crippen LogP contribution < -0.4 is 52.4 Å². The zero-order valence-corrected chi connectivity index (χ0v) is 36.4. The number of furan rings is 2. The van der Waals surface area contributed by atoms with Gasteiger partial charge in [0.2, 0.25) is 0 Å². The van der Waals surface area contributed by atoms with Gasteiger partial charge in [0.15, 0.2) is 11.2 Å². The van der Waals surface area contributed by atoms with E-state index in [0.29, 0.717) is 0 Å². The van der Waals surface area contributed by atoms with E-state index in [1.807, 2.05) is 0 Å². The van der Waals surface area contributed by atoms with Crippen molar-refractivity contribution in [2.24, 2.45) is 0 Å². The Morgan fingerprint density at radius 1 is 0.279 bits per heavy atom. The average molecular weight is 865 g/mol. The molecule has 12 aromatic rings. The van der Waals surface area contributed by atoms with Gasteiger partial charge in [0.05, 0.1) is 11.4 Å². The molecule has 0 bridgehead atoms. The van der Waals surface area contributed by atoms with Crippen LogP contribution in [0.2, 0.25) is 0 Å². The molecule has 2 aromatic heterocycles. The van der Waals surface area contributed by atoms with Crippen LogP contribution >= 0.6 is 0 Å². The molecular formula is C60H34B2N4O2. The van der Waals surface area contributed by atoms with Crippen molar-refractivity contribution in [1.29, 1.82) is 0 Å². The molecule has 0 unspecified atom stereocenters. The van der Waals surface area contributed by atoms with E-state index < -0.39 is 0 Å². The normalized spacial score (nSPS) is 14.3. The van der Waals surface area contributed by atoms with Crippen LogP contribution in [0.15, 0.2) is 215 Å². The van der Waals surface area contributed by atoms with E-state index in [0.717, 1.165) is 83.7 Å². The molecular weight excluding hydrogens is 830 g/mol. The van der Waals surface area contributed by atoms with E-state index in [4.69, 9.17) is 8.83 Å². The summed E-state index contributed by atoms with van der Waals surface area (Å²) >= 11 is 0. The predicted molar refractivity (Wildman–Crippen MR) is 283 cm³/mol. The molecule has 68 heavy (non-hydrogen) atoms. The summed E-state index contributed by atoms with van der Waals surface area (Å²) in [5, 5.41) is 4.40. The van der Waals surface area contributed by atoms with Crippen molar-refractivity contribution in [2.45, 2.75) is 0 Å². The minimum atomic E-state index is -0.108. The van der Waals surface area contributed by atoms with Gasteiger partial charge in [-0.25, -0.2) is 0 Å². The molecule has 5 aliphatic rings. The zero-order chi connectivity index (χ0) is 43.9. The van der Waals surface area contributed by atoms with Crippen LogP contribution in [0.1, 0.15) is 0 Å². The molecule has 0 radical (unpaired) electrons. The first-order chi connectivity index (χ1) is 33.8. The summed E-state index contributed by atoms with van der Waals surface area (Å²) in [4.78, 5) is 10.2. The number of hydrogen-bond acceptors (Lipinski definition) is 6. The third-order valence-electron chi connectivity index (χ3n) is 15.4. The second-order valence-electron chi connectivity index (χ2n) is 18.7. The number of nitrogens with zero attached hydrogens (tertiary/aromatic N) is 4. The number of fused-ring (bicyclic) bond motifs is 14. The second kappa shape index (κ2) is 12.5. The molecule has 0 N–H and O–H groups in total. The van der Waals surface area contributed by atoms with Crippen LogP contribution in [0.4, 0.5) is 68.2 Å². The predicted octanol–water partition coefficient (Wildman–Crippen LogP) is 12.0. The SMILES string of the molecule is c1ccc(N2c3ccccc3B3c4cc5c(oc6ccccc65)c5c4N4c6c3c2cc2c6B(c3ccccc3N2c2ccccc2)c2cc3c(oc6ccccc63)c(c24)N5c2ccccc2)cc1. The number of rotatable bonds is 3. The van der Waals surface area contributed by atoms with Crippen LogP contribution in [-0.2, 0) is 0 Å². The third kappa shape index (κ3) is 4.20.